The molecule has 0 saturated carbocycles. The maximum atomic E-state index is 9.92. The van der Waals surface area contributed by atoms with Gasteiger partial charge in [-0.15, -0.1) is 0 Å². The number of nitrogens with zero attached hydrogens (tertiary/aromatic N) is 2. The molecule has 3 heteroatoms. The number of aromatic nitrogens is 2. The van der Waals surface area contributed by atoms with E-state index in [9.17, 15) is 5.11 Å². The van der Waals surface area contributed by atoms with Gasteiger partial charge in [0.1, 0.15) is 11.6 Å². The number of benzene rings is 1. The van der Waals surface area contributed by atoms with Gasteiger partial charge in [-0.1, -0.05) is 12.1 Å². The van der Waals surface area contributed by atoms with Gasteiger partial charge in [0.2, 0.25) is 0 Å². The van der Waals surface area contributed by atoms with Crippen molar-refractivity contribution in [1.29, 1.82) is 0 Å². The summed E-state index contributed by atoms with van der Waals surface area (Å²) in [4.78, 5) is 4.48. The second-order valence-corrected chi connectivity index (χ2v) is 4.70. The molecule has 1 unspecified atom stereocenters. The van der Waals surface area contributed by atoms with E-state index in [1.807, 2.05) is 24.4 Å². The second kappa shape index (κ2) is 3.91. The Kier molecular flexibility index (Phi) is 2.39. The Labute approximate surface area is 101 Å². The van der Waals surface area contributed by atoms with E-state index >= 15 is 0 Å². The van der Waals surface area contributed by atoms with E-state index in [0.717, 1.165) is 17.8 Å². The van der Waals surface area contributed by atoms with Crippen LogP contribution in [0.5, 0.6) is 5.75 Å². The van der Waals surface area contributed by atoms with Crippen LogP contribution < -0.4 is 0 Å². The largest absolute Gasteiger partial charge is 0.507 e. The van der Waals surface area contributed by atoms with E-state index in [1.54, 1.807) is 6.07 Å². The molecule has 0 spiro atoms. The van der Waals surface area contributed by atoms with Gasteiger partial charge in [-0.25, -0.2) is 4.98 Å². The Bertz CT molecular complexity index is 545. The van der Waals surface area contributed by atoms with Gasteiger partial charge >= 0.3 is 0 Å². The Morgan fingerprint density at radius 1 is 1.35 bits per heavy atom. The predicted molar refractivity (Wildman–Crippen MR) is 67.0 cm³/mol. The summed E-state index contributed by atoms with van der Waals surface area (Å²) in [5, 5.41) is 9.92. The smallest absolute Gasteiger partial charge is 0.144 e. The number of phenols is 1. The second-order valence-electron chi connectivity index (χ2n) is 4.70. The van der Waals surface area contributed by atoms with Crippen molar-refractivity contribution < 1.29 is 5.11 Å². The zero-order valence-electron chi connectivity index (χ0n) is 9.93. The number of hydrogen-bond donors (Lipinski definition) is 1. The van der Waals surface area contributed by atoms with Crippen molar-refractivity contribution in [3.8, 4) is 17.1 Å². The number of phenolic OH excluding ortho intramolecular Hbond substituents is 1. The van der Waals surface area contributed by atoms with Crippen molar-refractivity contribution in [3.63, 3.8) is 0 Å². The highest BCUT2D eigenvalue weighted by atomic mass is 16.3. The first-order chi connectivity index (χ1) is 8.27. The lowest BCUT2D eigenvalue weighted by molar-refractivity contribution is 0.433. The number of rotatable bonds is 1. The Balaban J connectivity index is 2.17. The molecule has 0 saturated heterocycles. The molecule has 1 aromatic heterocycles. The van der Waals surface area contributed by atoms with Gasteiger partial charge in [-0.05, 0) is 38.3 Å². The first-order valence-electron chi connectivity index (χ1n) is 6.12. The van der Waals surface area contributed by atoms with E-state index in [4.69, 9.17) is 0 Å². The van der Waals surface area contributed by atoms with Crippen LogP contribution >= 0.6 is 0 Å². The molecule has 17 heavy (non-hydrogen) atoms. The van der Waals surface area contributed by atoms with Crippen molar-refractivity contribution in [2.75, 3.05) is 0 Å². The third kappa shape index (κ3) is 1.62. The number of hydrogen-bond acceptors (Lipinski definition) is 2. The molecule has 0 aliphatic carbocycles. The molecule has 0 bridgehead atoms. The first-order valence-corrected chi connectivity index (χ1v) is 6.12. The Hall–Kier alpha value is -1.77. The number of fused-ring (bicyclic) bond motifs is 1. The molecule has 1 N–H and O–H groups in total. The molecule has 2 aromatic rings. The number of imidazole rings is 1. The van der Waals surface area contributed by atoms with Crippen molar-refractivity contribution in [3.05, 3.63) is 36.2 Å². The summed E-state index contributed by atoms with van der Waals surface area (Å²) in [6, 6.07) is 7.87. The highest BCUT2D eigenvalue weighted by Gasteiger charge is 2.21. The minimum Gasteiger partial charge on any atom is -0.507 e. The van der Waals surface area contributed by atoms with Gasteiger partial charge in [0, 0.05) is 17.9 Å². The van der Waals surface area contributed by atoms with Gasteiger partial charge < -0.3 is 9.67 Å². The zero-order chi connectivity index (χ0) is 11.8. The fourth-order valence-electron chi connectivity index (χ4n) is 2.64. The van der Waals surface area contributed by atoms with Crippen LogP contribution in [0.3, 0.4) is 0 Å². The SMILES string of the molecule is CC1CCCc2cnc(-c3ccccc3O)n21. The lowest BCUT2D eigenvalue weighted by Gasteiger charge is -2.24. The van der Waals surface area contributed by atoms with Crippen molar-refractivity contribution >= 4 is 0 Å². The van der Waals surface area contributed by atoms with E-state index in [-0.39, 0.29) is 0 Å². The molecule has 1 aliphatic rings. The molecule has 1 aliphatic heterocycles. The first kappa shape index (κ1) is 10.4. The molecule has 0 radical (unpaired) electrons. The molecule has 3 rings (SSSR count). The maximum Gasteiger partial charge on any atom is 0.144 e. The number of para-hydroxylation sites is 1. The highest BCUT2D eigenvalue weighted by molar-refractivity contribution is 5.64. The zero-order valence-corrected chi connectivity index (χ0v) is 9.93. The normalized spacial score (nSPS) is 19.0. The van der Waals surface area contributed by atoms with Crippen LogP contribution in [0.2, 0.25) is 0 Å². The summed E-state index contributed by atoms with van der Waals surface area (Å²) >= 11 is 0. The van der Waals surface area contributed by atoms with Gasteiger partial charge in [0.05, 0.1) is 5.56 Å². The molecule has 1 atom stereocenters. The summed E-state index contributed by atoms with van der Waals surface area (Å²) in [6.45, 7) is 2.22. The molecular formula is C14H16N2O. The lowest BCUT2D eigenvalue weighted by Crippen LogP contribution is -2.15. The molecule has 2 heterocycles. The molecule has 0 amide bonds. The van der Waals surface area contributed by atoms with Crippen LogP contribution in [0.4, 0.5) is 0 Å². The predicted octanol–water partition coefficient (Wildman–Crippen LogP) is 3.15. The van der Waals surface area contributed by atoms with E-state index < -0.39 is 0 Å². The molecule has 3 nitrogen and oxygen atoms in total. The Morgan fingerprint density at radius 3 is 3.00 bits per heavy atom. The number of aryl methyl sites for hydroxylation is 1. The van der Waals surface area contributed by atoms with Crippen LogP contribution in [-0.4, -0.2) is 14.7 Å². The fourth-order valence-corrected chi connectivity index (χ4v) is 2.64. The number of aromatic hydroxyl groups is 1. The third-order valence-electron chi connectivity index (χ3n) is 3.51. The molecule has 1 aromatic carbocycles. The topological polar surface area (TPSA) is 38.1 Å². The van der Waals surface area contributed by atoms with Crippen LogP contribution in [0.25, 0.3) is 11.4 Å². The molecule has 88 valence electrons. The summed E-state index contributed by atoms with van der Waals surface area (Å²) in [5.41, 5.74) is 2.11. The molecular weight excluding hydrogens is 212 g/mol. The van der Waals surface area contributed by atoms with E-state index in [0.29, 0.717) is 11.8 Å². The van der Waals surface area contributed by atoms with Crippen LogP contribution in [0.1, 0.15) is 31.5 Å². The van der Waals surface area contributed by atoms with Gasteiger partial charge in [0.15, 0.2) is 0 Å². The quantitative estimate of drug-likeness (QED) is 0.814. The van der Waals surface area contributed by atoms with Gasteiger partial charge in [-0.3, -0.25) is 0 Å². The summed E-state index contributed by atoms with van der Waals surface area (Å²) in [5.74, 6) is 1.20. The Morgan fingerprint density at radius 2 is 2.18 bits per heavy atom. The maximum absolute atomic E-state index is 9.92. The minimum atomic E-state index is 0.304. The minimum absolute atomic E-state index is 0.304. The molecule has 0 fully saturated rings. The third-order valence-corrected chi connectivity index (χ3v) is 3.51. The van der Waals surface area contributed by atoms with E-state index in [1.165, 1.54) is 18.5 Å². The fraction of sp³-hybridized carbons (Fsp3) is 0.357. The lowest BCUT2D eigenvalue weighted by atomic mass is 10.0. The van der Waals surface area contributed by atoms with Crippen molar-refractivity contribution in [2.45, 2.75) is 32.2 Å². The monoisotopic (exact) mass is 228 g/mol. The highest BCUT2D eigenvalue weighted by Crippen LogP contribution is 2.34. The van der Waals surface area contributed by atoms with Crippen molar-refractivity contribution in [2.24, 2.45) is 0 Å². The average Bonchev–Trinajstić information content (AvgIpc) is 2.75. The van der Waals surface area contributed by atoms with Gasteiger partial charge in [0.25, 0.3) is 0 Å². The van der Waals surface area contributed by atoms with E-state index in [2.05, 4.69) is 16.5 Å². The van der Waals surface area contributed by atoms with Crippen LogP contribution in [0.15, 0.2) is 30.5 Å². The standard InChI is InChI=1S/C14H16N2O/c1-10-5-4-6-11-9-15-14(16(10)11)12-7-2-3-8-13(12)17/h2-3,7-10,17H,4-6H2,1H3. The van der Waals surface area contributed by atoms with Crippen LogP contribution in [0, 0.1) is 0 Å². The van der Waals surface area contributed by atoms with Crippen molar-refractivity contribution in [1.82, 2.24) is 9.55 Å². The summed E-state index contributed by atoms with van der Waals surface area (Å²) in [6.07, 6.45) is 5.44. The summed E-state index contributed by atoms with van der Waals surface area (Å²) < 4.78 is 2.26. The summed E-state index contributed by atoms with van der Waals surface area (Å²) in [7, 11) is 0. The van der Waals surface area contributed by atoms with Gasteiger partial charge in [-0.2, -0.15) is 0 Å². The average molecular weight is 228 g/mol. The van der Waals surface area contributed by atoms with Crippen LogP contribution in [-0.2, 0) is 6.42 Å².